The topological polar surface area (TPSA) is 45.2 Å². The highest BCUT2D eigenvalue weighted by atomic mass is 19.1. The third-order valence-corrected chi connectivity index (χ3v) is 3.56. The molecule has 2 rings (SSSR count). The number of carbonyl (C=O) groups excluding carboxylic acids is 1. The average molecular weight is 331 g/mol. The minimum Gasteiger partial charge on any atom is -0.351 e. The maximum atomic E-state index is 14.0. The molecule has 1 N–H and O–H groups in total. The predicted octanol–water partition coefficient (Wildman–Crippen LogP) is 2.79. The van der Waals surface area contributed by atoms with Crippen molar-refractivity contribution in [3.63, 3.8) is 0 Å². The van der Waals surface area contributed by atoms with Crippen LogP contribution < -0.4 is 5.32 Å². The molecule has 0 unspecified atom stereocenters. The van der Waals surface area contributed by atoms with E-state index in [9.17, 15) is 13.6 Å². The largest absolute Gasteiger partial charge is 0.351 e. The van der Waals surface area contributed by atoms with Crippen molar-refractivity contribution in [2.75, 3.05) is 20.6 Å². The molecule has 0 bridgehead atoms. The van der Waals surface area contributed by atoms with Crippen LogP contribution in [-0.2, 0) is 4.79 Å². The lowest BCUT2D eigenvalue weighted by Gasteiger charge is -2.25. The van der Waals surface area contributed by atoms with E-state index in [1.54, 1.807) is 49.6 Å². The van der Waals surface area contributed by atoms with Gasteiger partial charge in [-0.05, 0) is 50.0 Å². The molecular weight excluding hydrogens is 312 g/mol. The highest BCUT2D eigenvalue weighted by Crippen LogP contribution is 2.23. The fourth-order valence-electron chi connectivity index (χ4n) is 2.27. The van der Waals surface area contributed by atoms with Crippen LogP contribution >= 0.6 is 0 Å². The summed E-state index contributed by atoms with van der Waals surface area (Å²) in [7, 11) is 3.41. The molecule has 4 nitrogen and oxygen atoms in total. The third-order valence-electron chi connectivity index (χ3n) is 3.56. The van der Waals surface area contributed by atoms with Gasteiger partial charge in [-0.25, -0.2) is 8.78 Å². The van der Waals surface area contributed by atoms with Crippen molar-refractivity contribution in [3.05, 3.63) is 71.6 Å². The number of nitrogens with zero attached hydrogens (tertiary/aromatic N) is 2. The Balaban J connectivity index is 2.04. The van der Waals surface area contributed by atoms with Crippen LogP contribution in [0.15, 0.2) is 48.8 Å². The Morgan fingerprint density at radius 3 is 2.42 bits per heavy atom. The molecule has 0 aliphatic rings. The number of amides is 1. The molecule has 6 heteroatoms. The van der Waals surface area contributed by atoms with Crippen molar-refractivity contribution >= 4 is 12.0 Å². The van der Waals surface area contributed by atoms with Crippen LogP contribution in [-0.4, -0.2) is 36.4 Å². The number of aromatic nitrogens is 1. The zero-order chi connectivity index (χ0) is 17.5. The standard InChI is InChI=1S/C18H19F2N3O/c1-23(2)16(18-14(19)4-3-5-15(18)20)12-22-17(24)7-6-13-8-10-21-11-9-13/h3-11,16H,12H2,1-2H3,(H,22,24)/b7-6+/t16-/m1/s1. The first-order chi connectivity index (χ1) is 11.5. The van der Waals surface area contributed by atoms with Gasteiger partial charge in [-0.2, -0.15) is 0 Å². The van der Waals surface area contributed by atoms with Crippen LogP contribution in [0.5, 0.6) is 0 Å². The van der Waals surface area contributed by atoms with Gasteiger partial charge < -0.3 is 10.2 Å². The first kappa shape index (κ1) is 17.7. The molecule has 1 aromatic carbocycles. The van der Waals surface area contributed by atoms with Gasteiger partial charge in [0.25, 0.3) is 0 Å². The van der Waals surface area contributed by atoms with Gasteiger partial charge in [-0.1, -0.05) is 6.07 Å². The van der Waals surface area contributed by atoms with E-state index >= 15 is 0 Å². The maximum Gasteiger partial charge on any atom is 0.244 e. The van der Waals surface area contributed by atoms with E-state index in [1.165, 1.54) is 24.3 Å². The molecule has 0 saturated carbocycles. The predicted molar refractivity (Wildman–Crippen MR) is 89.1 cm³/mol. The van der Waals surface area contributed by atoms with Crippen molar-refractivity contribution < 1.29 is 13.6 Å². The van der Waals surface area contributed by atoms with Crippen LogP contribution in [0.3, 0.4) is 0 Å². The zero-order valence-electron chi connectivity index (χ0n) is 13.5. The lowest BCUT2D eigenvalue weighted by atomic mass is 10.0. The number of pyridine rings is 1. The van der Waals surface area contributed by atoms with Crippen molar-refractivity contribution in [2.45, 2.75) is 6.04 Å². The Kier molecular flexibility index (Phi) is 6.14. The summed E-state index contributed by atoms with van der Waals surface area (Å²) in [4.78, 5) is 17.5. The first-order valence-electron chi connectivity index (χ1n) is 7.45. The lowest BCUT2D eigenvalue weighted by molar-refractivity contribution is -0.116. The van der Waals surface area contributed by atoms with Crippen LogP contribution in [0.4, 0.5) is 8.78 Å². The third kappa shape index (κ3) is 4.70. The van der Waals surface area contributed by atoms with Crippen LogP contribution in [0, 0.1) is 11.6 Å². The molecule has 0 aliphatic carbocycles. The summed E-state index contributed by atoms with van der Waals surface area (Å²) in [5.74, 6) is -1.60. The Bertz CT molecular complexity index is 697. The van der Waals surface area contributed by atoms with E-state index in [4.69, 9.17) is 0 Å². The number of rotatable bonds is 6. The molecule has 0 saturated heterocycles. The second kappa shape index (κ2) is 8.31. The van der Waals surface area contributed by atoms with Gasteiger partial charge in [-0.3, -0.25) is 9.78 Å². The summed E-state index contributed by atoms with van der Waals surface area (Å²) in [6.07, 6.45) is 6.27. The molecule has 1 amide bonds. The lowest BCUT2D eigenvalue weighted by Crippen LogP contribution is -2.34. The highest BCUT2D eigenvalue weighted by Gasteiger charge is 2.22. The fraction of sp³-hybridized carbons (Fsp3) is 0.222. The van der Waals surface area contributed by atoms with E-state index in [0.717, 1.165) is 5.56 Å². The molecule has 126 valence electrons. The monoisotopic (exact) mass is 331 g/mol. The Labute approximate surface area is 139 Å². The molecule has 24 heavy (non-hydrogen) atoms. The van der Waals surface area contributed by atoms with Crippen LogP contribution in [0.1, 0.15) is 17.2 Å². The number of carbonyl (C=O) groups is 1. The summed E-state index contributed by atoms with van der Waals surface area (Å²) in [5.41, 5.74) is 0.783. The maximum absolute atomic E-state index is 14.0. The normalized spacial score (nSPS) is 12.5. The molecule has 0 spiro atoms. The second-order valence-corrected chi connectivity index (χ2v) is 5.47. The van der Waals surface area contributed by atoms with Crippen molar-refractivity contribution in [3.8, 4) is 0 Å². The van der Waals surface area contributed by atoms with Gasteiger partial charge in [0.15, 0.2) is 0 Å². The summed E-state index contributed by atoms with van der Waals surface area (Å²) >= 11 is 0. The van der Waals surface area contributed by atoms with E-state index in [-0.39, 0.29) is 18.0 Å². The zero-order valence-corrected chi connectivity index (χ0v) is 13.5. The number of likely N-dealkylation sites (N-methyl/N-ethyl adjacent to an activating group) is 1. The molecule has 2 aromatic rings. The molecule has 0 fully saturated rings. The number of benzene rings is 1. The van der Waals surface area contributed by atoms with E-state index in [0.29, 0.717) is 0 Å². The molecular formula is C18H19F2N3O. The Hall–Kier alpha value is -2.60. The van der Waals surface area contributed by atoms with Gasteiger partial charge in [-0.15, -0.1) is 0 Å². The minimum atomic E-state index is -0.629. The van der Waals surface area contributed by atoms with Gasteiger partial charge >= 0.3 is 0 Å². The smallest absolute Gasteiger partial charge is 0.244 e. The van der Waals surface area contributed by atoms with Gasteiger partial charge in [0.2, 0.25) is 5.91 Å². The Morgan fingerprint density at radius 2 is 1.83 bits per heavy atom. The quantitative estimate of drug-likeness (QED) is 0.828. The molecule has 1 heterocycles. The van der Waals surface area contributed by atoms with Crippen molar-refractivity contribution in [1.29, 1.82) is 0 Å². The minimum absolute atomic E-state index is 0.0547. The van der Waals surface area contributed by atoms with E-state index in [1.807, 2.05) is 0 Å². The van der Waals surface area contributed by atoms with E-state index in [2.05, 4.69) is 10.3 Å². The summed E-state index contributed by atoms with van der Waals surface area (Å²) < 4.78 is 27.9. The van der Waals surface area contributed by atoms with Crippen molar-refractivity contribution in [2.24, 2.45) is 0 Å². The van der Waals surface area contributed by atoms with Gasteiger partial charge in [0.05, 0.1) is 6.04 Å². The average Bonchev–Trinajstić information content (AvgIpc) is 2.56. The molecule has 1 aromatic heterocycles. The molecule has 1 atom stereocenters. The van der Waals surface area contributed by atoms with Gasteiger partial charge in [0.1, 0.15) is 11.6 Å². The number of hydrogen-bond donors (Lipinski definition) is 1. The summed E-state index contributed by atoms with van der Waals surface area (Å²) in [6, 6.07) is 6.66. The van der Waals surface area contributed by atoms with Crippen LogP contribution in [0.25, 0.3) is 6.08 Å². The fourth-order valence-corrected chi connectivity index (χ4v) is 2.27. The first-order valence-corrected chi connectivity index (χ1v) is 7.45. The van der Waals surface area contributed by atoms with E-state index < -0.39 is 17.7 Å². The molecule has 0 radical (unpaired) electrons. The summed E-state index contributed by atoms with van der Waals surface area (Å²) in [6.45, 7) is 0.0877. The van der Waals surface area contributed by atoms with Crippen molar-refractivity contribution in [1.82, 2.24) is 15.2 Å². The summed E-state index contributed by atoms with van der Waals surface area (Å²) in [5, 5.41) is 2.67. The number of hydrogen-bond acceptors (Lipinski definition) is 3. The number of nitrogens with one attached hydrogen (secondary N) is 1. The second-order valence-electron chi connectivity index (χ2n) is 5.47. The highest BCUT2D eigenvalue weighted by molar-refractivity contribution is 5.91. The Morgan fingerprint density at radius 1 is 1.21 bits per heavy atom. The molecule has 0 aliphatic heterocycles. The van der Waals surface area contributed by atoms with Crippen LogP contribution in [0.2, 0.25) is 0 Å². The van der Waals surface area contributed by atoms with Gasteiger partial charge in [0, 0.05) is 30.6 Å². The SMILES string of the molecule is CN(C)[C@H](CNC(=O)/C=C/c1ccncc1)c1c(F)cccc1F. The number of halogens is 2.